The molecule has 2 aliphatic heterocycles. The van der Waals surface area contributed by atoms with Crippen molar-refractivity contribution in [2.24, 2.45) is 5.92 Å². The van der Waals surface area contributed by atoms with Crippen LogP contribution in [0.4, 0.5) is 10.5 Å². The third-order valence-corrected chi connectivity index (χ3v) is 7.66. The minimum absolute atomic E-state index is 0.0267. The van der Waals surface area contributed by atoms with E-state index in [4.69, 9.17) is 9.47 Å². The summed E-state index contributed by atoms with van der Waals surface area (Å²) in [7, 11) is 1.79. The second kappa shape index (κ2) is 10.4. The van der Waals surface area contributed by atoms with E-state index in [0.717, 1.165) is 38.6 Å². The fourth-order valence-electron chi connectivity index (χ4n) is 5.39. The number of rotatable bonds is 6. The molecule has 2 aliphatic carbocycles. The van der Waals surface area contributed by atoms with Gasteiger partial charge in [0.2, 0.25) is 5.91 Å². The van der Waals surface area contributed by atoms with Crippen LogP contribution in [0.25, 0.3) is 0 Å². The molecular formula is C26H36N4O5. The van der Waals surface area contributed by atoms with Crippen molar-refractivity contribution < 1.29 is 23.9 Å². The summed E-state index contributed by atoms with van der Waals surface area (Å²) < 4.78 is 12.3. The highest BCUT2D eigenvalue weighted by Gasteiger charge is 2.39. The van der Waals surface area contributed by atoms with Gasteiger partial charge in [-0.3, -0.25) is 9.59 Å². The predicted molar refractivity (Wildman–Crippen MR) is 130 cm³/mol. The lowest BCUT2D eigenvalue weighted by atomic mass is 9.94. The Bertz CT molecular complexity index is 959. The van der Waals surface area contributed by atoms with Gasteiger partial charge in [-0.25, -0.2) is 4.79 Å². The van der Waals surface area contributed by atoms with Gasteiger partial charge in [-0.05, 0) is 62.6 Å². The molecule has 4 aliphatic rings. The quantitative estimate of drug-likeness (QED) is 0.575. The first-order valence-corrected chi connectivity index (χ1v) is 13.0. The number of nitrogens with zero attached hydrogens (tertiary/aromatic N) is 1. The molecule has 0 aromatic heterocycles. The van der Waals surface area contributed by atoms with Gasteiger partial charge in [0.25, 0.3) is 5.91 Å². The van der Waals surface area contributed by atoms with E-state index in [1.165, 1.54) is 12.8 Å². The first kappa shape index (κ1) is 23.9. The number of likely N-dealkylation sites (N-methyl/N-ethyl adjacent to an activating group) is 1. The standard InChI is InChI=1S/C26H36N4O5/c1-30-21-10-9-19(13-24(31)27-14-16-6-7-16)35-23(21)15-34-22-11-8-18(12-20(22)25(30)32)29-26(33)28-17-4-2-3-5-17/h8,11-12,16-17,19,21,23H,2-7,9-10,13-15H2,1H3,(H,27,31)(H2,28,29,33)/t19-,21+,23-/m1/s1. The molecule has 0 bridgehead atoms. The molecule has 0 unspecified atom stereocenters. The summed E-state index contributed by atoms with van der Waals surface area (Å²) in [4.78, 5) is 39.8. The number of nitrogens with one attached hydrogen (secondary N) is 3. The minimum atomic E-state index is -0.304. The number of anilines is 1. The van der Waals surface area contributed by atoms with E-state index in [9.17, 15) is 14.4 Å². The Morgan fingerprint density at radius 3 is 2.66 bits per heavy atom. The first-order valence-electron chi connectivity index (χ1n) is 13.0. The number of carbonyl (C=O) groups is 3. The van der Waals surface area contributed by atoms with Crippen molar-refractivity contribution >= 4 is 23.5 Å². The molecule has 2 heterocycles. The number of ether oxygens (including phenoxy) is 2. The normalized spacial score (nSPS) is 26.6. The number of hydrogen-bond acceptors (Lipinski definition) is 5. The molecule has 3 fully saturated rings. The first-order chi connectivity index (χ1) is 17.0. The van der Waals surface area contributed by atoms with Crippen molar-refractivity contribution in [3.63, 3.8) is 0 Å². The summed E-state index contributed by atoms with van der Waals surface area (Å²) in [6.45, 7) is 1.05. The summed E-state index contributed by atoms with van der Waals surface area (Å²) in [5.74, 6) is 0.972. The lowest BCUT2D eigenvalue weighted by Crippen LogP contribution is -2.54. The summed E-state index contributed by atoms with van der Waals surface area (Å²) >= 11 is 0. The molecule has 190 valence electrons. The summed E-state index contributed by atoms with van der Waals surface area (Å²) in [6, 6.07) is 4.97. The molecule has 0 spiro atoms. The fourth-order valence-corrected chi connectivity index (χ4v) is 5.39. The van der Waals surface area contributed by atoms with Crippen LogP contribution in [0.3, 0.4) is 0 Å². The molecule has 9 heteroatoms. The number of carbonyl (C=O) groups excluding carboxylic acids is 3. The second-order valence-corrected chi connectivity index (χ2v) is 10.4. The van der Waals surface area contributed by atoms with Gasteiger partial charge < -0.3 is 30.3 Å². The Kier molecular flexibility index (Phi) is 7.13. The molecular weight excluding hydrogens is 448 g/mol. The molecule has 3 N–H and O–H groups in total. The van der Waals surface area contributed by atoms with Crippen LogP contribution >= 0.6 is 0 Å². The molecule has 1 aromatic carbocycles. The lowest BCUT2D eigenvalue weighted by molar-refractivity contribution is -0.134. The molecule has 0 radical (unpaired) electrons. The van der Waals surface area contributed by atoms with Crippen LogP contribution in [0.15, 0.2) is 18.2 Å². The van der Waals surface area contributed by atoms with E-state index in [-0.39, 0.29) is 42.1 Å². The van der Waals surface area contributed by atoms with Gasteiger partial charge in [-0.2, -0.15) is 0 Å². The van der Waals surface area contributed by atoms with Crippen LogP contribution in [0.2, 0.25) is 0 Å². The number of benzene rings is 1. The van der Waals surface area contributed by atoms with Crippen molar-refractivity contribution in [2.45, 2.75) is 82.1 Å². The third kappa shape index (κ3) is 5.89. The Morgan fingerprint density at radius 2 is 1.89 bits per heavy atom. The van der Waals surface area contributed by atoms with Gasteiger partial charge in [-0.15, -0.1) is 0 Å². The van der Waals surface area contributed by atoms with Crippen molar-refractivity contribution in [1.29, 1.82) is 0 Å². The molecule has 1 aromatic rings. The second-order valence-electron chi connectivity index (χ2n) is 10.4. The monoisotopic (exact) mass is 484 g/mol. The smallest absolute Gasteiger partial charge is 0.319 e. The highest BCUT2D eigenvalue weighted by atomic mass is 16.5. The number of hydrogen-bond donors (Lipinski definition) is 3. The Labute approximate surface area is 206 Å². The molecule has 4 amide bonds. The number of fused-ring (bicyclic) bond motifs is 2. The average Bonchev–Trinajstić information content (AvgIpc) is 3.54. The van der Waals surface area contributed by atoms with Gasteiger partial charge in [0, 0.05) is 25.3 Å². The SMILES string of the molecule is CN1C(=O)c2cc(NC(=O)NC3CCCC3)ccc2OC[C@H]2O[C@@H](CC(=O)NCC3CC3)CC[C@@H]21. The van der Waals surface area contributed by atoms with E-state index >= 15 is 0 Å². The van der Waals surface area contributed by atoms with Gasteiger partial charge in [0.15, 0.2) is 0 Å². The molecule has 2 saturated carbocycles. The molecule has 9 nitrogen and oxygen atoms in total. The van der Waals surface area contributed by atoms with Gasteiger partial charge >= 0.3 is 6.03 Å². The Morgan fingerprint density at radius 1 is 1.09 bits per heavy atom. The van der Waals surface area contributed by atoms with Crippen LogP contribution in [-0.2, 0) is 9.53 Å². The van der Waals surface area contributed by atoms with Crippen LogP contribution in [-0.4, -0.2) is 67.2 Å². The number of urea groups is 1. The predicted octanol–water partition coefficient (Wildman–Crippen LogP) is 3.05. The Balaban J connectivity index is 1.21. The Hall–Kier alpha value is -2.81. The summed E-state index contributed by atoms with van der Waals surface area (Å²) in [5.41, 5.74) is 0.977. The van der Waals surface area contributed by atoms with Gasteiger partial charge in [0.05, 0.1) is 24.1 Å². The maximum absolute atomic E-state index is 13.4. The molecule has 3 atom stereocenters. The van der Waals surface area contributed by atoms with Crippen molar-refractivity contribution in [3.8, 4) is 5.75 Å². The zero-order chi connectivity index (χ0) is 24.4. The average molecular weight is 485 g/mol. The van der Waals surface area contributed by atoms with Crippen molar-refractivity contribution in [1.82, 2.24) is 15.5 Å². The number of amides is 4. The summed E-state index contributed by atoms with van der Waals surface area (Å²) in [5, 5.41) is 8.86. The van der Waals surface area contributed by atoms with E-state index in [1.807, 2.05) is 0 Å². The molecule has 35 heavy (non-hydrogen) atoms. The maximum atomic E-state index is 13.4. The molecule has 1 saturated heterocycles. The van der Waals surface area contributed by atoms with Crippen LogP contribution in [0, 0.1) is 5.92 Å². The van der Waals surface area contributed by atoms with Gasteiger partial charge in [-0.1, -0.05) is 12.8 Å². The van der Waals surface area contributed by atoms with Crippen molar-refractivity contribution in [3.05, 3.63) is 23.8 Å². The van der Waals surface area contributed by atoms with E-state index < -0.39 is 0 Å². The van der Waals surface area contributed by atoms with Crippen LogP contribution in [0.5, 0.6) is 5.75 Å². The van der Waals surface area contributed by atoms with Gasteiger partial charge in [0.1, 0.15) is 18.5 Å². The summed E-state index contributed by atoms with van der Waals surface area (Å²) in [6.07, 6.45) is 8.01. The lowest BCUT2D eigenvalue weighted by Gasteiger charge is -2.42. The van der Waals surface area contributed by atoms with Crippen molar-refractivity contribution in [2.75, 3.05) is 25.5 Å². The van der Waals surface area contributed by atoms with E-state index in [0.29, 0.717) is 42.4 Å². The van der Waals surface area contributed by atoms with Crippen LogP contribution < -0.4 is 20.7 Å². The zero-order valence-electron chi connectivity index (χ0n) is 20.4. The topological polar surface area (TPSA) is 109 Å². The fraction of sp³-hybridized carbons (Fsp3) is 0.654. The molecule has 5 rings (SSSR count). The van der Waals surface area contributed by atoms with E-state index in [2.05, 4.69) is 16.0 Å². The highest BCUT2D eigenvalue weighted by Crippen LogP contribution is 2.33. The zero-order valence-corrected chi connectivity index (χ0v) is 20.4. The third-order valence-electron chi connectivity index (χ3n) is 7.66. The van der Waals surface area contributed by atoms with E-state index in [1.54, 1.807) is 30.1 Å². The largest absolute Gasteiger partial charge is 0.490 e. The minimum Gasteiger partial charge on any atom is -0.490 e. The highest BCUT2D eigenvalue weighted by molar-refractivity contribution is 5.99. The maximum Gasteiger partial charge on any atom is 0.319 e. The van der Waals surface area contributed by atoms with Crippen LogP contribution in [0.1, 0.15) is 68.1 Å².